The van der Waals surface area contributed by atoms with Gasteiger partial charge >= 0.3 is 0 Å². The van der Waals surface area contributed by atoms with Gasteiger partial charge in [-0.25, -0.2) is 0 Å². The van der Waals surface area contributed by atoms with Crippen LogP contribution in [-0.2, 0) is 6.54 Å². The molecule has 0 aliphatic heterocycles. The SMILES string of the molecule is C=C(CNC)CN(C)Cc1ccccn1. The van der Waals surface area contributed by atoms with E-state index in [2.05, 4.69) is 28.8 Å². The quantitative estimate of drug-likeness (QED) is 0.709. The molecule has 0 fully saturated rings. The van der Waals surface area contributed by atoms with Crippen molar-refractivity contribution in [2.24, 2.45) is 0 Å². The van der Waals surface area contributed by atoms with Gasteiger partial charge in [-0.3, -0.25) is 9.88 Å². The number of nitrogens with zero attached hydrogens (tertiary/aromatic N) is 2. The second-order valence-electron chi connectivity index (χ2n) is 3.77. The van der Waals surface area contributed by atoms with Crippen LogP contribution in [-0.4, -0.2) is 37.1 Å². The normalized spacial score (nSPS) is 10.6. The number of pyridine rings is 1. The molecule has 1 aromatic heterocycles. The standard InChI is InChI=1S/C12H19N3/c1-11(8-13-2)9-15(3)10-12-6-4-5-7-14-12/h4-7,13H,1,8-10H2,2-3H3. The Morgan fingerprint density at radius 1 is 1.53 bits per heavy atom. The molecule has 82 valence electrons. The number of likely N-dealkylation sites (N-methyl/N-ethyl adjacent to an activating group) is 2. The Balaban J connectivity index is 2.36. The first-order chi connectivity index (χ1) is 7.22. The molecule has 0 bridgehead atoms. The summed E-state index contributed by atoms with van der Waals surface area (Å²) in [4.78, 5) is 6.50. The first-order valence-corrected chi connectivity index (χ1v) is 5.12. The fourth-order valence-corrected chi connectivity index (χ4v) is 1.51. The van der Waals surface area contributed by atoms with Crippen LogP contribution < -0.4 is 5.32 Å². The maximum absolute atomic E-state index is 4.29. The van der Waals surface area contributed by atoms with Gasteiger partial charge in [-0.05, 0) is 31.8 Å². The molecule has 0 atom stereocenters. The minimum absolute atomic E-state index is 0.865. The molecule has 0 spiro atoms. The first-order valence-electron chi connectivity index (χ1n) is 5.12. The molecule has 1 heterocycles. The molecule has 0 saturated carbocycles. The van der Waals surface area contributed by atoms with Crippen LogP contribution in [0.5, 0.6) is 0 Å². The summed E-state index contributed by atoms with van der Waals surface area (Å²) in [6, 6.07) is 5.99. The van der Waals surface area contributed by atoms with Gasteiger partial charge in [0.05, 0.1) is 5.69 Å². The molecule has 0 aromatic carbocycles. The first kappa shape index (κ1) is 11.9. The Kier molecular flexibility index (Phi) is 5.01. The van der Waals surface area contributed by atoms with Crippen LogP contribution in [0.4, 0.5) is 0 Å². The van der Waals surface area contributed by atoms with E-state index in [0.717, 1.165) is 25.3 Å². The van der Waals surface area contributed by atoms with Gasteiger partial charge in [-0.2, -0.15) is 0 Å². The van der Waals surface area contributed by atoms with Crippen molar-refractivity contribution < 1.29 is 0 Å². The fraction of sp³-hybridized carbons (Fsp3) is 0.417. The largest absolute Gasteiger partial charge is 0.316 e. The summed E-state index contributed by atoms with van der Waals surface area (Å²) >= 11 is 0. The van der Waals surface area contributed by atoms with Crippen molar-refractivity contribution in [3.63, 3.8) is 0 Å². The van der Waals surface area contributed by atoms with Crippen LogP contribution in [0.1, 0.15) is 5.69 Å². The van der Waals surface area contributed by atoms with Gasteiger partial charge in [0, 0.05) is 25.8 Å². The predicted octanol–water partition coefficient (Wildman–Crippen LogP) is 1.29. The summed E-state index contributed by atoms with van der Waals surface area (Å²) in [7, 11) is 4.01. The van der Waals surface area contributed by atoms with E-state index in [9.17, 15) is 0 Å². The van der Waals surface area contributed by atoms with Crippen molar-refractivity contribution in [2.75, 3.05) is 27.2 Å². The molecule has 3 heteroatoms. The summed E-state index contributed by atoms with van der Waals surface area (Å²) in [6.07, 6.45) is 1.82. The zero-order valence-electron chi connectivity index (χ0n) is 9.53. The molecular weight excluding hydrogens is 186 g/mol. The molecule has 15 heavy (non-hydrogen) atoms. The van der Waals surface area contributed by atoms with E-state index in [1.54, 1.807) is 0 Å². The van der Waals surface area contributed by atoms with Crippen LogP contribution in [0.2, 0.25) is 0 Å². The summed E-state index contributed by atoms with van der Waals surface area (Å²) in [5.74, 6) is 0. The third-order valence-corrected chi connectivity index (χ3v) is 2.08. The number of hydrogen-bond acceptors (Lipinski definition) is 3. The van der Waals surface area contributed by atoms with Crippen molar-refractivity contribution in [3.8, 4) is 0 Å². The summed E-state index contributed by atoms with van der Waals surface area (Å²) in [5, 5.41) is 3.09. The molecule has 0 saturated heterocycles. The summed E-state index contributed by atoms with van der Waals surface area (Å²) in [5.41, 5.74) is 2.29. The summed E-state index contributed by atoms with van der Waals surface area (Å²) < 4.78 is 0. The Morgan fingerprint density at radius 3 is 2.93 bits per heavy atom. The Morgan fingerprint density at radius 2 is 2.33 bits per heavy atom. The van der Waals surface area contributed by atoms with Crippen molar-refractivity contribution in [1.82, 2.24) is 15.2 Å². The van der Waals surface area contributed by atoms with Crippen molar-refractivity contribution in [2.45, 2.75) is 6.54 Å². The highest BCUT2D eigenvalue weighted by molar-refractivity contribution is 5.05. The van der Waals surface area contributed by atoms with Gasteiger partial charge in [-0.1, -0.05) is 12.6 Å². The maximum Gasteiger partial charge on any atom is 0.0543 e. The molecule has 1 rings (SSSR count). The topological polar surface area (TPSA) is 28.2 Å². The van der Waals surface area contributed by atoms with Gasteiger partial charge in [0.25, 0.3) is 0 Å². The van der Waals surface area contributed by atoms with Crippen LogP contribution in [0.15, 0.2) is 36.5 Å². The molecule has 3 nitrogen and oxygen atoms in total. The minimum atomic E-state index is 0.865. The van der Waals surface area contributed by atoms with E-state index in [4.69, 9.17) is 0 Å². The lowest BCUT2D eigenvalue weighted by Crippen LogP contribution is -2.24. The van der Waals surface area contributed by atoms with E-state index in [1.165, 1.54) is 5.57 Å². The highest BCUT2D eigenvalue weighted by atomic mass is 15.1. The number of nitrogens with one attached hydrogen (secondary N) is 1. The van der Waals surface area contributed by atoms with E-state index >= 15 is 0 Å². The molecular formula is C12H19N3. The Labute approximate surface area is 91.8 Å². The van der Waals surface area contributed by atoms with Gasteiger partial charge in [0.2, 0.25) is 0 Å². The molecule has 0 radical (unpaired) electrons. The average molecular weight is 205 g/mol. The molecule has 1 aromatic rings. The smallest absolute Gasteiger partial charge is 0.0543 e. The van der Waals surface area contributed by atoms with E-state index in [1.807, 2.05) is 31.4 Å². The lowest BCUT2D eigenvalue weighted by Gasteiger charge is -2.17. The second kappa shape index (κ2) is 6.32. The molecule has 0 unspecified atom stereocenters. The zero-order valence-corrected chi connectivity index (χ0v) is 9.53. The van der Waals surface area contributed by atoms with Crippen LogP contribution >= 0.6 is 0 Å². The molecule has 0 aliphatic rings. The summed E-state index contributed by atoms with van der Waals surface area (Å²) in [6.45, 7) is 6.63. The van der Waals surface area contributed by atoms with E-state index in [0.29, 0.717) is 0 Å². The lowest BCUT2D eigenvalue weighted by atomic mass is 10.2. The number of rotatable bonds is 6. The van der Waals surface area contributed by atoms with Gasteiger partial charge in [-0.15, -0.1) is 0 Å². The second-order valence-corrected chi connectivity index (χ2v) is 3.77. The van der Waals surface area contributed by atoms with Crippen molar-refractivity contribution in [3.05, 3.63) is 42.2 Å². The van der Waals surface area contributed by atoms with Crippen LogP contribution in [0, 0.1) is 0 Å². The molecule has 0 aliphatic carbocycles. The fourth-order valence-electron chi connectivity index (χ4n) is 1.51. The van der Waals surface area contributed by atoms with Crippen molar-refractivity contribution in [1.29, 1.82) is 0 Å². The van der Waals surface area contributed by atoms with Gasteiger partial charge in [0.15, 0.2) is 0 Å². The number of aromatic nitrogens is 1. The third-order valence-electron chi connectivity index (χ3n) is 2.08. The van der Waals surface area contributed by atoms with Gasteiger partial charge in [0.1, 0.15) is 0 Å². The monoisotopic (exact) mass is 205 g/mol. The van der Waals surface area contributed by atoms with Crippen LogP contribution in [0.3, 0.4) is 0 Å². The van der Waals surface area contributed by atoms with Crippen LogP contribution in [0.25, 0.3) is 0 Å². The Hall–Kier alpha value is -1.19. The molecule has 1 N–H and O–H groups in total. The maximum atomic E-state index is 4.29. The third kappa shape index (κ3) is 4.72. The average Bonchev–Trinajstić information content (AvgIpc) is 2.19. The number of hydrogen-bond donors (Lipinski definition) is 1. The predicted molar refractivity (Wildman–Crippen MR) is 63.6 cm³/mol. The van der Waals surface area contributed by atoms with E-state index in [-0.39, 0.29) is 0 Å². The highest BCUT2D eigenvalue weighted by Crippen LogP contribution is 2.00. The lowest BCUT2D eigenvalue weighted by molar-refractivity contribution is 0.348. The van der Waals surface area contributed by atoms with E-state index < -0.39 is 0 Å². The molecule has 0 amide bonds. The van der Waals surface area contributed by atoms with Crippen molar-refractivity contribution >= 4 is 0 Å². The van der Waals surface area contributed by atoms with Gasteiger partial charge < -0.3 is 5.32 Å². The minimum Gasteiger partial charge on any atom is -0.316 e. The highest BCUT2D eigenvalue weighted by Gasteiger charge is 2.02. The zero-order chi connectivity index (χ0) is 11.1. The Bertz CT molecular complexity index is 295.